The van der Waals surface area contributed by atoms with Crippen LogP contribution in [0.3, 0.4) is 0 Å². The average molecular weight is 249 g/mol. The molecule has 8 heteroatoms. The molecule has 0 saturated heterocycles. The first kappa shape index (κ1) is 13.2. The summed E-state index contributed by atoms with van der Waals surface area (Å²) in [5.41, 5.74) is 0. The molecule has 0 heterocycles. The lowest BCUT2D eigenvalue weighted by molar-refractivity contribution is -0.293. The summed E-state index contributed by atoms with van der Waals surface area (Å²) in [5.74, 6) is -19.3. The quantitative estimate of drug-likeness (QED) is 0.529. The molecule has 0 aromatic rings. The summed E-state index contributed by atoms with van der Waals surface area (Å²) in [6, 6.07) is 0. The number of alkyl halides is 8. The Bertz CT molecular complexity index is 162. The molecule has 0 fully saturated rings. The highest BCUT2D eigenvalue weighted by Gasteiger charge is 2.70. The van der Waals surface area contributed by atoms with Crippen LogP contribution in [-0.2, 0) is 0 Å². The van der Waals surface area contributed by atoms with Crippen molar-refractivity contribution in [2.75, 3.05) is 11.8 Å². The lowest BCUT2D eigenvalue weighted by Gasteiger charge is -2.30. The van der Waals surface area contributed by atoms with Crippen molar-refractivity contribution in [2.45, 2.75) is 17.8 Å². The van der Waals surface area contributed by atoms with Crippen molar-refractivity contribution < 1.29 is 26.3 Å². The van der Waals surface area contributed by atoms with E-state index in [0.717, 1.165) is 0 Å². The number of rotatable bonds is 4. The fourth-order valence-corrected chi connectivity index (χ4v) is 0.771. The first-order chi connectivity index (χ1) is 5.62. The van der Waals surface area contributed by atoms with Crippen LogP contribution < -0.4 is 0 Å². The van der Waals surface area contributed by atoms with Crippen molar-refractivity contribution in [3.05, 3.63) is 0 Å². The summed E-state index contributed by atoms with van der Waals surface area (Å²) in [7, 11) is 0. The van der Waals surface area contributed by atoms with E-state index in [1.165, 1.54) is 0 Å². The Labute approximate surface area is 79.8 Å². The van der Waals surface area contributed by atoms with E-state index < -0.39 is 29.5 Å². The van der Waals surface area contributed by atoms with E-state index in [1.54, 1.807) is 0 Å². The summed E-state index contributed by atoms with van der Waals surface area (Å²) >= 11 is 8.87. The standard InChI is InChI=1S/C5H4Cl2F6/c6-1-3(8,9)5(12,13)4(10,11)2-7/h1-2H2. The van der Waals surface area contributed by atoms with E-state index in [1.807, 2.05) is 0 Å². The normalized spacial score (nSPS) is 14.8. The molecule has 0 rings (SSSR count). The van der Waals surface area contributed by atoms with Gasteiger partial charge < -0.3 is 0 Å². The molecule has 0 aromatic carbocycles. The highest BCUT2D eigenvalue weighted by atomic mass is 35.5. The molecule has 0 aliphatic heterocycles. The molecule has 0 atom stereocenters. The van der Waals surface area contributed by atoms with Crippen molar-refractivity contribution in [3.63, 3.8) is 0 Å². The summed E-state index contributed by atoms with van der Waals surface area (Å²) in [4.78, 5) is 0. The maximum Gasteiger partial charge on any atom is 0.374 e. The fourth-order valence-electron chi connectivity index (χ4n) is 0.435. The maximum absolute atomic E-state index is 12.3. The van der Waals surface area contributed by atoms with Crippen LogP contribution in [0.4, 0.5) is 26.3 Å². The maximum atomic E-state index is 12.3. The SMILES string of the molecule is FC(F)(CCl)C(F)(F)C(F)(F)CCl. The molecule has 0 radical (unpaired) electrons. The Morgan fingerprint density at radius 3 is 1.08 bits per heavy atom. The van der Waals surface area contributed by atoms with Gasteiger partial charge >= 0.3 is 17.8 Å². The molecule has 0 spiro atoms. The van der Waals surface area contributed by atoms with Gasteiger partial charge in [0.25, 0.3) is 0 Å². The zero-order valence-electron chi connectivity index (χ0n) is 5.94. The third-order valence-corrected chi connectivity index (χ3v) is 1.93. The zero-order valence-corrected chi connectivity index (χ0v) is 7.45. The highest BCUT2D eigenvalue weighted by Crippen LogP contribution is 2.46. The van der Waals surface area contributed by atoms with Gasteiger partial charge in [0.1, 0.15) is 0 Å². The molecule has 0 unspecified atom stereocenters. The second-order valence-corrected chi connectivity index (χ2v) is 2.79. The van der Waals surface area contributed by atoms with Gasteiger partial charge in [0, 0.05) is 0 Å². The molecule has 0 nitrogen and oxygen atoms in total. The van der Waals surface area contributed by atoms with Crippen LogP contribution in [0.1, 0.15) is 0 Å². The van der Waals surface area contributed by atoms with Crippen LogP contribution in [0.5, 0.6) is 0 Å². The number of hydrogen-bond donors (Lipinski definition) is 0. The van der Waals surface area contributed by atoms with Gasteiger partial charge in [0.2, 0.25) is 0 Å². The molecule has 80 valence electrons. The van der Waals surface area contributed by atoms with Gasteiger partial charge in [0.15, 0.2) is 0 Å². The lowest BCUT2D eigenvalue weighted by Crippen LogP contribution is -2.56. The topological polar surface area (TPSA) is 0 Å². The minimum atomic E-state index is -5.54. The third-order valence-electron chi connectivity index (χ3n) is 1.25. The van der Waals surface area contributed by atoms with E-state index >= 15 is 0 Å². The molecule has 13 heavy (non-hydrogen) atoms. The van der Waals surface area contributed by atoms with Crippen LogP contribution in [0, 0.1) is 0 Å². The predicted molar refractivity (Wildman–Crippen MR) is 36.3 cm³/mol. The smallest absolute Gasteiger partial charge is 0.198 e. The molecular weight excluding hydrogens is 245 g/mol. The van der Waals surface area contributed by atoms with Crippen molar-refractivity contribution in [1.82, 2.24) is 0 Å². The Hall–Kier alpha value is 0.160. The summed E-state index contributed by atoms with van der Waals surface area (Å²) in [6.45, 7) is 0. The molecule has 0 aromatic heterocycles. The fraction of sp³-hybridized carbons (Fsp3) is 1.00. The second-order valence-electron chi connectivity index (χ2n) is 2.25. The van der Waals surface area contributed by atoms with E-state index in [2.05, 4.69) is 23.2 Å². The van der Waals surface area contributed by atoms with Gasteiger partial charge in [-0.2, -0.15) is 26.3 Å². The summed E-state index contributed by atoms with van der Waals surface area (Å²) in [6.07, 6.45) is 0. The van der Waals surface area contributed by atoms with E-state index in [4.69, 9.17) is 0 Å². The van der Waals surface area contributed by atoms with Crippen LogP contribution in [-0.4, -0.2) is 29.5 Å². The second kappa shape index (κ2) is 3.73. The Morgan fingerprint density at radius 1 is 0.692 bits per heavy atom. The number of halogens is 8. The average Bonchev–Trinajstić information content (AvgIpc) is 2.03. The molecule has 0 saturated carbocycles. The molecule has 0 aliphatic carbocycles. The molecule has 0 amide bonds. The minimum absolute atomic E-state index is 1.90. The minimum Gasteiger partial charge on any atom is -0.198 e. The Balaban J connectivity index is 4.95. The zero-order chi connectivity index (χ0) is 10.9. The predicted octanol–water partition coefficient (Wildman–Crippen LogP) is 3.37. The monoisotopic (exact) mass is 248 g/mol. The molecule has 0 bridgehead atoms. The first-order valence-electron chi connectivity index (χ1n) is 2.88. The molecular formula is C5H4Cl2F6. The lowest BCUT2D eigenvalue weighted by atomic mass is 10.1. The first-order valence-corrected chi connectivity index (χ1v) is 3.94. The van der Waals surface area contributed by atoms with Crippen molar-refractivity contribution in [3.8, 4) is 0 Å². The van der Waals surface area contributed by atoms with Crippen LogP contribution in [0.25, 0.3) is 0 Å². The van der Waals surface area contributed by atoms with Crippen molar-refractivity contribution in [2.24, 2.45) is 0 Å². The van der Waals surface area contributed by atoms with E-state index in [0.29, 0.717) is 0 Å². The molecule has 0 aliphatic rings. The number of hydrogen-bond acceptors (Lipinski definition) is 0. The van der Waals surface area contributed by atoms with Crippen LogP contribution in [0.2, 0.25) is 0 Å². The van der Waals surface area contributed by atoms with Gasteiger partial charge in [-0.15, -0.1) is 23.2 Å². The highest BCUT2D eigenvalue weighted by molar-refractivity contribution is 6.19. The Morgan fingerprint density at radius 2 is 0.923 bits per heavy atom. The van der Waals surface area contributed by atoms with Gasteiger partial charge in [-0.3, -0.25) is 0 Å². The van der Waals surface area contributed by atoms with E-state index in [-0.39, 0.29) is 0 Å². The van der Waals surface area contributed by atoms with Crippen LogP contribution >= 0.6 is 23.2 Å². The van der Waals surface area contributed by atoms with E-state index in [9.17, 15) is 26.3 Å². The van der Waals surface area contributed by atoms with Crippen LogP contribution in [0.15, 0.2) is 0 Å². The van der Waals surface area contributed by atoms with Gasteiger partial charge in [-0.1, -0.05) is 0 Å². The summed E-state index contributed by atoms with van der Waals surface area (Å²) in [5, 5.41) is 0. The van der Waals surface area contributed by atoms with Gasteiger partial charge in [0.05, 0.1) is 11.8 Å². The van der Waals surface area contributed by atoms with Gasteiger partial charge in [-0.25, -0.2) is 0 Å². The van der Waals surface area contributed by atoms with Crippen molar-refractivity contribution in [1.29, 1.82) is 0 Å². The van der Waals surface area contributed by atoms with Gasteiger partial charge in [-0.05, 0) is 0 Å². The summed E-state index contributed by atoms with van der Waals surface area (Å²) < 4.78 is 73.4. The largest absolute Gasteiger partial charge is 0.374 e. The Kier molecular flexibility index (Phi) is 3.77. The third kappa shape index (κ3) is 2.15. The van der Waals surface area contributed by atoms with Crippen molar-refractivity contribution >= 4 is 23.2 Å². The molecule has 0 N–H and O–H groups in total.